The fraction of sp³-hybridized carbons (Fsp3) is 0.300. The van der Waals surface area contributed by atoms with Crippen molar-refractivity contribution in [2.75, 3.05) is 10.6 Å². The van der Waals surface area contributed by atoms with Crippen LogP contribution in [-0.2, 0) is 42.8 Å². The Labute approximate surface area is 293 Å². The number of carbonyl (C=O) groups excluding carboxylic acids is 4. The number of benzene rings is 4. The van der Waals surface area contributed by atoms with Gasteiger partial charge in [0.15, 0.2) is 0 Å². The number of carbonyl (C=O) groups is 4. The Morgan fingerprint density at radius 2 is 0.980 bits per heavy atom. The number of piperazine rings is 2. The van der Waals surface area contributed by atoms with Crippen LogP contribution in [0, 0.1) is 5.82 Å². The molecule has 6 aliphatic heterocycles. The summed E-state index contributed by atoms with van der Waals surface area (Å²) in [4.78, 5) is 61.0. The molecule has 4 fully saturated rings. The Morgan fingerprint density at radius 3 is 1.47 bits per heavy atom. The standard InChI is InChI=1S/C40H35FN6O4/c41-24-16-14-23(15-17-24)19-30-36(51)47-32(34(49)43-30)21-40(26-11-5-7-13-28(26)45-38(40)47)39-20-31-33(48)42-29(18-22-8-2-1-3-9-22)35(50)46(31)37(39)44-27-12-6-4-10-25(27)39/h1-17,29-32,37-38,44-45H,18-21H2,(H,42,48)(H,43,49)/t29-,30-,31-,32-,37+,38+,39?,40?/m0/s1. The fourth-order valence-corrected chi connectivity index (χ4v) is 10.4. The van der Waals surface area contributed by atoms with Crippen LogP contribution in [0.25, 0.3) is 0 Å². The van der Waals surface area contributed by atoms with Crippen LogP contribution in [0.15, 0.2) is 103 Å². The van der Waals surface area contributed by atoms with Crippen molar-refractivity contribution in [3.05, 3.63) is 131 Å². The maximum Gasteiger partial charge on any atom is 0.247 e. The molecule has 256 valence electrons. The molecule has 0 saturated carbocycles. The van der Waals surface area contributed by atoms with Crippen LogP contribution in [0.2, 0.25) is 0 Å². The molecule has 4 N–H and O–H groups in total. The van der Waals surface area contributed by atoms with Crippen molar-refractivity contribution in [1.82, 2.24) is 20.4 Å². The van der Waals surface area contributed by atoms with E-state index in [1.54, 1.807) is 21.9 Å². The SMILES string of the molecule is O=C1N[C@@H](Cc2ccccc2)C(=O)N2[C@H]3Nc4ccccc4C3(C34C[C@H]5C(=O)N[C@@H](Cc6ccc(F)cc6)C(=O)N5[C@H]3Nc3ccccc34)C[C@@H]12. The van der Waals surface area contributed by atoms with Gasteiger partial charge in [0.05, 0.1) is 10.8 Å². The molecule has 0 bridgehead atoms. The van der Waals surface area contributed by atoms with Crippen molar-refractivity contribution in [3.8, 4) is 0 Å². The average Bonchev–Trinajstić information content (AvgIpc) is 3.85. The predicted octanol–water partition coefficient (Wildman–Crippen LogP) is 3.19. The molecule has 8 atom stereocenters. The van der Waals surface area contributed by atoms with E-state index in [4.69, 9.17) is 0 Å². The smallest absolute Gasteiger partial charge is 0.247 e. The molecule has 4 saturated heterocycles. The van der Waals surface area contributed by atoms with Crippen molar-refractivity contribution in [1.29, 1.82) is 0 Å². The first-order chi connectivity index (χ1) is 24.8. The third kappa shape index (κ3) is 3.97. The Hall–Kier alpha value is -5.71. The molecule has 4 amide bonds. The average molecular weight is 683 g/mol. The van der Waals surface area contributed by atoms with Crippen LogP contribution in [0.3, 0.4) is 0 Å². The number of hydrogen-bond acceptors (Lipinski definition) is 6. The number of halogens is 1. The number of hydrogen-bond donors (Lipinski definition) is 4. The van der Waals surface area contributed by atoms with Crippen LogP contribution < -0.4 is 21.3 Å². The van der Waals surface area contributed by atoms with Crippen molar-refractivity contribution in [3.63, 3.8) is 0 Å². The van der Waals surface area contributed by atoms with Gasteiger partial charge in [0.25, 0.3) is 0 Å². The number of anilines is 2. The van der Waals surface area contributed by atoms with E-state index in [1.165, 1.54) is 12.1 Å². The topological polar surface area (TPSA) is 123 Å². The Balaban J connectivity index is 1.12. The summed E-state index contributed by atoms with van der Waals surface area (Å²) in [5.41, 5.74) is 3.50. The fourth-order valence-electron chi connectivity index (χ4n) is 10.4. The van der Waals surface area contributed by atoms with Crippen LogP contribution in [0.1, 0.15) is 35.1 Å². The zero-order valence-corrected chi connectivity index (χ0v) is 27.5. The van der Waals surface area contributed by atoms with Gasteiger partial charge < -0.3 is 31.1 Å². The molecule has 4 aromatic carbocycles. The summed E-state index contributed by atoms with van der Waals surface area (Å²) < 4.78 is 13.7. The summed E-state index contributed by atoms with van der Waals surface area (Å²) in [7, 11) is 0. The van der Waals surface area contributed by atoms with Gasteiger partial charge in [-0.25, -0.2) is 4.39 Å². The quantitative estimate of drug-likeness (QED) is 0.257. The van der Waals surface area contributed by atoms with Crippen LogP contribution in [0.5, 0.6) is 0 Å². The number of para-hydroxylation sites is 2. The van der Waals surface area contributed by atoms with Crippen LogP contribution >= 0.6 is 0 Å². The summed E-state index contributed by atoms with van der Waals surface area (Å²) in [5, 5.41) is 13.4. The Bertz CT molecular complexity index is 2150. The monoisotopic (exact) mass is 682 g/mol. The lowest BCUT2D eigenvalue weighted by Crippen LogP contribution is -2.67. The number of rotatable bonds is 5. The van der Waals surface area contributed by atoms with Crippen molar-refractivity contribution in [2.24, 2.45) is 0 Å². The van der Waals surface area contributed by atoms with E-state index < -0.39 is 47.3 Å². The van der Waals surface area contributed by atoms with Crippen molar-refractivity contribution < 1.29 is 23.6 Å². The van der Waals surface area contributed by atoms with Gasteiger partial charge in [-0.1, -0.05) is 78.9 Å². The van der Waals surface area contributed by atoms with Gasteiger partial charge >= 0.3 is 0 Å². The second-order valence-electron chi connectivity index (χ2n) is 14.7. The minimum atomic E-state index is -0.914. The Kier molecular flexibility index (Phi) is 6.29. The van der Waals surface area contributed by atoms with Gasteiger partial charge in [0.2, 0.25) is 23.6 Å². The maximum atomic E-state index is 14.6. The molecular weight excluding hydrogens is 647 g/mol. The van der Waals surface area contributed by atoms with Gasteiger partial charge in [-0.05, 0) is 59.4 Å². The normalized spacial score (nSPS) is 32.5. The molecule has 2 unspecified atom stereocenters. The van der Waals surface area contributed by atoms with E-state index in [-0.39, 0.29) is 35.9 Å². The predicted molar refractivity (Wildman–Crippen MR) is 186 cm³/mol. The molecule has 11 heteroatoms. The highest BCUT2D eigenvalue weighted by Crippen LogP contribution is 2.68. The first-order valence-corrected chi connectivity index (χ1v) is 17.6. The molecule has 6 heterocycles. The molecule has 4 aromatic rings. The number of fused-ring (bicyclic) bond motifs is 11. The lowest BCUT2D eigenvalue weighted by atomic mass is 9.54. The molecule has 0 aromatic heterocycles. The molecule has 10 nitrogen and oxygen atoms in total. The highest BCUT2D eigenvalue weighted by Gasteiger charge is 2.78. The molecule has 0 spiro atoms. The first-order valence-electron chi connectivity index (χ1n) is 17.6. The molecule has 10 rings (SSSR count). The van der Waals surface area contributed by atoms with E-state index in [0.29, 0.717) is 19.3 Å². The van der Waals surface area contributed by atoms with Crippen molar-refractivity contribution in [2.45, 2.75) is 73.0 Å². The summed E-state index contributed by atoms with van der Waals surface area (Å²) in [6.07, 6.45) is -0.102. The third-order valence-electron chi connectivity index (χ3n) is 12.4. The first kappa shape index (κ1) is 30.1. The van der Waals surface area contributed by atoms with Crippen LogP contribution in [-0.4, -0.2) is 69.9 Å². The zero-order chi connectivity index (χ0) is 34.6. The molecule has 6 aliphatic rings. The van der Waals surface area contributed by atoms with E-state index in [1.807, 2.05) is 66.7 Å². The Morgan fingerprint density at radius 1 is 0.549 bits per heavy atom. The minimum absolute atomic E-state index is 0.160. The second-order valence-corrected chi connectivity index (χ2v) is 14.7. The molecule has 51 heavy (non-hydrogen) atoms. The van der Waals surface area contributed by atoms with Crippen LogP contribution in [0.4, 0.5) is 15.8 Å². The highest BCUT2D eigenvalue weighted by atomic mass is 19.1. The van der Waals surface area contributed by atoms with E-state index in [0.717, 1.165) is 33.6 Å². The summed E-state index contributed by atoms with van der Waals surface area (Å²) in [6, 6.07) is 28.4. The lowest BCUT2D eigenvalue weighted by molar-refractivity contribution is -0.149. The van der Waals surface area contributed by atoms with Gasteiger partial charge in [-0.3, -0.25) is 19.2 Å². The molecule has 0 radical (unpaired) electrons. The van der Waals surface area contributed by atoms with Gasteiger partial charge in [-0.15, -0.1) is 0 Å². The number of nitrogens with zero attached hydrogens (tertiary/aromatic N) is 2. The zero-order valence-electron chi connectivity index (χ0n) is 27.5. The van der Waals surface area contributed by atoms with E-state index in [9.17, 15) is 23.6 Å². The van der Waals surface area contributed by atoms with E-state index >= 15 is 0 Å². The maximum absolute atomic E-state index is 14.6. The number of nitrogens with one attached hydrogen (secondary N) is 4. The summed E-state index contributed by atoms with van der Waals surface area (Å²) in [5.74, 6) is -1.22. The lowest BCUT2D eigenvalue weighted by Gasteiger charge is -2.48. The van der Waals surface area contributed by atoms with Gasteiger partial charge in [0.1, 0.15) is 42.3 Å². The molecule has 0 aliphatic carbocycles. The number of amides is 4. The summed E-state index contributed by atoms with van der Waals surface area (Å²) >= 11 is 0. The van der Waals surface area contributed by atoms with Crippen molar-refractivity contribution >= 4 is 35.0 Å². The van der Waals surface area contributed by atoms with Gasteiger partial charge in [-0.2, -0.15) is 0 Å². The largest absolute Gasteiger partial charge is 0.364 e. The highest BCUT2D eigenvalue weighted by molar-refractivity contribution is 6.01. The third-order valence-corrected chi connectivity index (χ3v) is 12.4. The molecular formula is C40H35FN6O4. The summed E-state index contributed by atoms with van der Waals surface area (Å²) in [6.45, 7) is 0. The second kappa shape index (κ2) is 10.6. The van der Waals surface area contributed by atoms with Gasteiger partial charge in [0, 0.05) is 24.2 Å². The van der Waals surface area contributed by atoms with E-state index in [2.05, 4.69) is 33.4 Å². The minimum Gasteiger partial charge on any atom is -0.364 e.